The highest BCUT2D eigenvalue weighted by Gasteiger charge is 2.68. The van der Waals surface area contributed by atoms with Crippen LogP contribution in [0.15, 0.2) is 79.0 Å². The second kappa shape index (κ2) is 7.55. The van der Waals surface area contributed by atoms with Gasteiger partial charge in [-0.05, 0) is 47.4 Å². The topological polar surface area (TPSA) is 84.2 Å². The van der Waals surface area contributed by atoms with E-state index in [0.29, 0.717) is 12.1 Å². The number of carbonyl (C=O) groups is 2. The molecule has 34 heavy (non-hydrogen) atoms. The monoisotopic (exact) mass is 451 g/mol. The fraction of sp³-hybridized carbons (Fsp3) is 0.250. The maximum Gasteiger partial charge on any atom is 0.303 e. The third kappa shape index (κ3) is 3.46. The number of fused-ring (bicyclic) bond motifs is 1. The Morgan fingerprint density at radius 2 is 1.62 bits per heavy atom. The summed E-state index contributed by atoms with van der Waals surface area (Å²) in [6.07, 6.45) is 4.24. The largest absolute Gasteiger partial charge is 0.481 e. The molecule has 0 spiro atoms. The van der Waals surface area contributed by atoms with Gasteiger partial charge in [0.05, 0.1) is 30.2 Å². The van der Waals surface area contributed by atoms with Crippen LogP contribution in [-0.2, 0) is 11.3 Å². The van der Waals surface area contributed by atoms with Gasteiger partial charge in [0.2, 0.25) is 0 Å². The van der Waals surface area contributed by atoms with Gasteiger partial charge in [-0.3, -0.25) is 14.3 Å². The molecular weight excluding hydrogens is 426 g/mol. The second-order valence-electron chi connectivity index (χ2n) is 9.94. The third-order valence-corrected chi connectivity index (χ3v) is 7.34. The minimum Gasteiger partial charge on any atom is -0.481 e. The fourth-order valence-corrected chi connectivity index (χ4v) is 6.00. The molecule has 0 unspecified atom stereocenters. The number of carboxylic acid groups (broad SMARTS) is 1. The van der Waals surface area contributed by atoms with E-state index in [9.17, 15) is 9.59 Å². The lowest BCUT2D eigenvalue weighted by Gasteiger charge is -2.70. The number of carboxylic acids is 1. The lowest BCUT2D eigenvalue weighted by Crippen LogP contribution is -2.75. The number of nitrogens with zero attached hydrogens (tertiary/aromatic N) is 2. The lowest BCUT2D eigenvalue weighted by atomic mass is 9.38. The summed E-state index contributed by atoms with van der Waals surface area (Å²) in [6, 6.07) is 24.4. The van der Waals surface area contributed by atoms with Crippen LogP contribution in [0.1, 0.15) is 41.6 Å². The van der Waals surface area contributed by atoms with Crippen molar-refractivity contribution < 1.29 is 14.7 Å². The van der Waals surface area contributed by atoms with E-state index in [-0.39, 0.29) is 23.3 Å². The van der Waals surface area contributed by atoms with Gasteiger partial charge in [0, 0.05) is 10.9 Å². The van der Waals surface area contributed by atoms with Gasteiger partial charge in [0.25, 0.3) is 5.91 Å². The zero-order valence-corrected chi connectivity index (χ0v) is 18.7. The first-order chi connectivity index (χ1) is 16.4. The van der Waals surface area contributed by atoms with Gasteiger partial charge in [-0.1, -0.05) is 66.7 Å². The van der Waals surface area contributed by atoms with Gasteiger partial charge in [-0.2, -0.15) is 5.10 Å². The van der Waals surface area contributed by atoms with Crippen LogP contribution in [0.3, 0.4) is 0 Å². The fourth-order valence-electron chi connectivity index (χ4n) is 6.00. The first kappa shape index (κ1) is 20.7. The second-order valence-corrected chi connectivity index (χ2v) is 9.94. The molecule has 3 aromatic carbocycles. The highest BCUT2D eigenvalue weighted by atomic mass is 16.4. The minimum absolute atomic E-state index is 0.112. The van der Waals surface area contributed by atoms with E-state index in [2.05, 4.69) is 46.8 Å². The van der Waals surface area contributed by atoms with Crippen molar-refractivity contribution in [2.75, 3.05) is 0 Å². The molecule has 1 aromatic heterocycles. The van der Waals surface area contributed by atoms with E-state index >= 15 is 0 Å². The molecule has 2 bridgehead atoms. The Morgan fingerprint density at radius 1 is 0.912 bits per heavy atom. The first-order valence-corrected chi connectivity index (χ1v) is 11.6. The Kier molecular flexibility index (Phi) is 4.59. The van der Waals surface area contributed by atoms with Crippen LogP contribution < -0.4 is 5.32 Å². The molecule has 7 rings (SSSR count). The quantitative estimate of drug-likeness (QED) is 0.420. The molecule has 2 N–H and O–H groups in total. The van der Waals surface area contributed by atoms with Crippen molar-refractivity contribution in [3.63, 3.8) is 0 Å². The molecule has 0 aliphatic heterocycles. The lowest BCUT2D eigenvalue weighted by molar-refractivity contribution is -0.172. The maximum atomic E-state index is 13.3. The normalized spacial score (nSPS) is 22.6. The van der Waals surface area contributed by atoms with Crippen molar-refractivity contribution in [3.05, 3.63) is 90.1 Å². The number of benzene rings is 3. The smallest absolute Gasteiger partial charge is 0.303 e. The zero-order valence-electron chi connectivity index (χ0n) is 18.7. The molecule has 3 aliphatic rings. The summed E-state index contributed by atoms with van der Waals surface area (Å²) >= 11 is 0. The van der Waals surface area contributed by atoms with Crippen molar-refractivity contribution in [3.8, 4) is 11.1 Å². The van der Waals surface area contributed by atoms with E-state index in [1.165, 1.54) is 5.56 Å². The first-order valence-electron chi connectivity index (χ1n) is 11.6. The molecule has 6 nitrogen and oxygen atoms in total. The van der Waals surface area contributed by atoms with Crippen molar-refractivity contribution in [2.24, 2.45) is 5.41 Å². The number of aliphatic carboxylic acids is 1. The molecule has 3 fully saturated rings. The van der Waals surface area contributed by atoms with E-state index < -0.39 is 5.97 Å². The van der Waals surface area contributed by atoms with Crippen molar-refractivity contribution in [2.45, 2.75) is 37.8 Å². The van der Waals surface area contributed by atoms with Crippen molar-refractivity contribution >= 4 is 22.8 Å². The van der Waals surface area contributed by atoms with Gasteiger partial charge >= 0.3 is 5.97 Å². The van der Waals surface area contributed by atoms with Gasteiger partial charge in [-0.15, -0.1) is 0 Å². The Hall–Kier alpha value is -3.93. The van der Waals surface area contributed by atoms with Crippen molar-refractivity contribution in [1.82, 2.24) is 15.1 Å². The number of amides is 1. The number of para-hydroxylation sites is 1. The Bertz CT molecular complexity index is 1390. The minimum atomic E-state index is -0.759. The average Bonchev–Trinajstić information content (AvgIpc) is 3.20. The van der Waals surface area contributed by atoms with Gasteiger partial charge in [0.1, 0.15) is 0 Å². The summed E-state index contributed by atoms with van der Waals surface area (Å²) in [6.45, 7) is 0.565. The number of carbonyl (C=O) groups excluding carboxylic acids is 1. The SMILES string of the molecule is O=C(O)CC12CC(NC(=O)c3cccc4cnn(Cc5ccc(-c6ccccc6)cc5)c34)(C1)C2. The van der Waals surface area contributed by atoms with E-state index in [0.717, 1.165) is 41.3 Å². The molecule has 1 heterocycles. The zero-order chi connectivity index (χ0) is 23.3. The van der Waals surface area contributed by atoms with Crippen LogP contribution in [0.25, 0.3) is 22.0 Å². The number of hydrogen-bond donors (Lipinski definition) is 2. The third-order valence-electron chi connectivity index (χ3n) is 7.34. The van der Waals surface area contributed by atoms with Crippen LogP contribution in [0, 0.1) is 5.41 Å². The molecule has 1 amide bonds. The molecule has 4 aromatic rings. The highest BCUT2D eigenvalue weighted by molar-refractivity contribution is 6.06. The average molecular weight is 452 g/mol. The summed E-state index contributed by atoms with van der Waals surface area (Å²) in [5.41, 5.74) is 4.51. The summed E-state index contributed by atoms with van der Waals surface area (Å²) < 4.78 is 1.88. The Balaban J connectivity index is 1.22. The molecule has 3 aliphatic carbocycles. The van der Waals surface area contributed by atoms with Crippen LogP contribution >= 0.6 is 0 Å². The summed E-state index contributed by atoms with van der Waals surface area (Å²) in [4.78, 5) is 24.3. The summed E-state index contributed by atoms with van der Waals surface area (Å²) in [5.74, 6) is -0.875. The Morgan fingerprint density at radius 3 is 2.32 bits per heavy atom. The van der Waals surface area contributed by atoms with Crippen LogP contribution in [0.2, 0.25) is 0 Å². The Labute approximate surface area is 197 Å². The van der Waals surface area contributed by atoms with E-state index in [1.807, 2.05) is 41.1 Å². The maximum absolute atomic E-state index is 13.3. The molecule has 0 saturated heterocycles. The number of hydrogen-bond acceptors (Lipinski definition) is 3. The standard InChI is InChI=1S/C28H25N3O3/c32-24(33)13-27-16-28(17-27,18-27)30-26(34)23-8-4-7-22-14-29-31(25(22)23)15-19-9-11-21(12-10-19)20-5-2-1-3-6-20/h1-12,14H,13,15-18H2,(H,30,34)(H,32,33). The number of aromatic nitrogens is 2. The van der Waals surface area contributed by atoms with E-state index in [1.54, 1.807) is 6.20 Å². The number of rotatable bonds is 7. The predicted molar refractivity (Wildman–Crippen MR) is 129 cm³/mol. The van der Waals surface area contributed by atoms with E-state index in [4.69, 9.17) is 5.11 Å². The van der Waals surface area contributed by atoms with Gasteiger partial charge in [-0.25, -0.2) is 0 Å². The molecular formula is C28H25N3O3. The molecule has 170 valence electrons. The van der Waals surface area contributed by atoms with Crippen LogP contribution in [0.5, 0.6) is 0 Å². The summed E-state index contributed by atoms with van der Waals surface area (Å²) in [7, 11) is 0. The van der Waals surface area contributed by atoms with Crippen molar-refractivity contribution in [1.29, 1.82) is 0 Å². The number of nitrogens with one attached hydrogen (secondary N) is 1. The highest BCUT2D eigenvalue weighted by Crippen LogP contribution is 2.69. The van der Waals surface area contributed by atoms with Crippen LogP contribution in [0.4, 0.5) is 0 Å². The van der Waals surface area contributed by atoms with Gasteiger partial charge in [0.15, 0.2) is 0 Å². The molecule has 3 saturated carbocycles. The molecule has 0 atom stereocenters. The van der Waals surface area contributed by atoms with Crippen LogP contribution in [-0.4, -0.2) is 32.3 Å². The predicted octanol–water partition coefficient (Wildman–Crippen LogP) is 4.88. The summed E-state index contributed by atoms with van der Waals surface area (Å²) in [5, 5.41) is 17.8. The molecule has 0 radical (unpaired) electrons. The van der Waals surface area contributed by atoms with Gasteiger partial charge < -0.3 is 10.4 Å². The molecule has 6 heteroatoms.